The van der Waals surface area contributed by atoms with Gasteiger partial charge in [-0.3, -0.25) is 0 Å². The van der Waals surface area contributed by atoms with Gasteiger partial charge in [0.1, 0.15) is 0 Å². The van der Waals surface area contributed by atoms with Crippen LogP contribution in [0.3, 0.4) is 0 Å². The summed E-state index contributed by atoms with van der Waals surface area (Å²) in [7, 11) is 2.26. The Labute approximate surface area is 95.4 Å². The van der Waals surface area contributed by atoms with E-state index in [4.69, 9.17) is 0 Å². The van der Waals surface area contributed by atoms with Crippen molar-refractivity contribution in [1.29, 1.82) is 0 Å². The van der Waals surface area contributed by atoms with Gasteiger partial charge in [0.25, 0.3) is 0 Å². The molecule has 0 saturated heterocycles. The highest BCUT2D eigenvalue weighted by molar-refractivity contribution is 4.79. The molecule has 0 bridgehead atoms. The van der Waals surface area contributed by atoms with E-state index in [1.807, 2.05) is 0 Å². The van der Waals surface area contributed by atoms with Gasteiger partial charge in [-0.05, 0) is 51.7 Å². The van der Waals surface area contributed by atoms with Crippen molar-refractivity contribution in [3.05, 3.63) is 0 Å². The second kappa shape index (κ2) is 6.49. The van der Waals surface area contributed by atoms with Gasteiger partial charge in [-0.1, -0.05) is 20.8 Å². The van der Waals surface area contributed by atoms with Gasteiger partial charge in [0.05, 0.1) is 0 Å². The quantitative estimate of drug-likeness (QED) is 0.753. The van der Waals surface area contributed by atoms with E-state index in [2.05, 4.69) is 38.0 Å². The first-order chi connectivity index (χ1) is 7.13. The molecule has 0 radical (unpaired) electrons. The van der Waals surface area contributed by atoms with Crippen molar-refractivity contribution >= 4 is 0 Å². The summed E-state index contributed by atoms with van der Waals surface area (Å²) in [5.41, 5.74) is 0. The fraction of sp³-hybridized carbons (Fsp3) is 1.00. The molecule has 1 fully saturated rings. The largest absolute Gasteiger partial charge is 0.314 e. The van der Waals surface area contributed by atoms with Crippen LogP contribution in [0.2, 0.25) is 0 Å². The van der Waals surface area contributed by atoms with Crippen molar-refractivity contribution in [1.82, 2.24) is 10.2 Å². The van der Waals surface area contributed by atoms with Gasteiger partial charge >= 0.3 is 0 Å². The molecular weight excluding hydrogens is 184 g/mol. The van der Waals surface area contributed by atoms with Crippen molar-refractivity contribution in [3.63, 3.8) is 0 Å². The highest BCUT2D eigenvalue weighted by atomic mass is 15.1. The topological polar surface area (TPSA) is 15.3 Å². The van der Waals surface area contributed by atoms with Crippen LogP contribution in [0.15, 0.2) is 0 Å². The monoisotopic (exact) mass is 212 g/mol. The van der Waals surface area contributed by atoms with E-state index in [-0.39, 0.29) is 0 Å². The second-order valence-corrected chi connectivity index (χ2v) is 5.31. The Morgan fingerprint density at radius 3 is 2.27 bits per heavy atom. The molecule has 1 N–H and O–H groups in total. The van der Waals surface area contributed by atoms with Gasteiger partial charge in [0.15, 0.2) is 0 Å². The Bertz CT molecular complexity index is 160. The molecule has 0 aromatic carbocycles. The fourth-order valence-corrected chi connectivity index (χ4v) is 2.45. The van der Waals surface area contributed by atoms with Crippen LogP contribution in [0.25, 0.3) is 0 Å². The molecule has 90 valence electrons. The smallest absolute Gasteiger partial charge is 0.00923 e. The average Bonchev–Trinajstić information content (AvgIpc) is 2.26. The van der Waals surface area contributed by atoms with Crippen LogP contribution in [0.4, 0.5) is 0 Å². The molecule has 15 heavy (non-hydrogen) atoms. The molecule has 0 aliphatic heterocycles. The maximum atomic E-state index is 3.56. The Balaban J connectivity index is 2.18. The van der Waals surface area contributed by atoms with Gasteiger partial charge in [0.2, 0.25) is 0 Å². The zero-order valence-electron chi connectivity index (χ0n) is 10.9. The Hall–Kier alpha value is -0.0800. The van der Waals surface area contributed by atoms with E-state index in [1.54, 1.807) is 0 Å². The van der Waals surface area contributed by atoms with E-state index >= 15 is 0 Å². The highest BCUT2D eigenvalue weighted by Crippen LogP contribution is 2.26. The fourth-order valence-electron chi connectivity index (χ4n) is 2.45. The van der Waals surface area contributed by atoms with Gasteiger partial charge < -0.3 is 10.2 Å². The maximum Gasteiger partial charge on any atom is 0.00923 e. The van der Waals surface area contributed by atoms with Crippen molar-refractivity contribution in [2.45, 2.75) is 58.5 Å². The van der Waals surface area contributed by atoms with Gasteiger partial charge in [-0.15, -0.1) is 0 Å². The van der Waals surface area contributed by atoms with Gasteiger partial charge in [-0.25, -0.2) is 0 Å². The third-order valence-corrected chi connectivity index (χ3v) is 3.75. The highest BCUT2D eigenvalue weighted by Gasteiger charge is 2.22. The molecule has 1 saturated carbocycles. The summed E-state index contributed by atoms with van der Waals surface area (Å²) >= 11 is 0. The van der Waals surface area contributed by atoms with Gasteiger partial charge in [-0.2, -0.15) is 0 Å². The molecule has 2 heteroatoms. The van der Waals surface area contributed by atoms with E-state index in [1.165, 1.54) is 38.8 Å². The summed E-state index contributed by atoms with van der Waals surface area (Å²) in [6.45, 7) is 9.14. The molecule has 1 rings (SSSR count). The lowest BCUT2D eigenvalue weighted by molar-refractivity contribution is 0.169. The molecule has 0 spiro atoms. The maximum absolute atomic E-state index is 3.56. The number of hydrogen-bond donors (Lipinski definition) is 1. The first-order valence-electron chi connectivity index (χ1n) is 6.57. The standard InChI is InChI=1S/C13H28N2/c1-5-15(4)13-8-6-12(7-9-13)10-14-11(2)3/h11-14H,5-10H2,1-4H3. The van der Waals surface area contributed by atoms with E-state index in [9.17, 15) is 0 Å². The summed E-state index contributed by atoms with van der Waals surface area (Å²) in [5, 5.41) is 3.56. The number of hydrogen-bond acceptors (Lipinski definition) is 2. The molecule has 0 atom stereocenters. The molecule has 1 aliphatic rings. The normalized spacial score (nSPS) is 27.6. The second-order valence-electron chi connectivity index (χ2n) is 5.31. The van der Waals surface area contributed by atoms with Crippen molar-refractivity contribution < 1.29 is 0 Å². The van der Waals surface area contributed by atoms with Gasteiger partial charge in [0, 0.05) is 12.1 Å². The summed E-state index contributed by atoms with van der Waals surface area (Å²) in [4.78, 5) is 2.51. The predicted molar refractivity (Wildman–Crippen MR) is 67.2 cm³/mol. The van der Waals surface area contributed by atoms with Crippen LogP contribution >= 0.6 is 0 Å². The molecule has 0 aromatic rings. The molecule has 0 heterocycles. The first-order valence-corrected chi connectivity index (χ1v) is 6.57. The zero-order chi connectivity index (χ0) is 11.3. The molecule has 2 nitrogen and oxygen atoms in total. The van der Waals surface area contributed by atoms with Crippen LogP contribution in [0, 0.1) is 5.92 Å². The predicted octanol–water partition coefficient (Wildman–Crippen LogP) is 2.49. The summed E-state index contributed by atoms with van der Waals surface area (Å²) in [6.07, 6.45) is 5.62. The number of nitrogens with zero attached hydrogens (tertiary/aromatic N) is 1. The van der Waals surface area contributed by atoms with Crippen LogP contribution in [-0.2, 0) is 0 Å². The molecule has 0 unspecified atom stereocenters. The Morgan fingerprint density at radius 1 is 1.20 bits per heavy atom. The molecular formula is C13H28N2. The summed E-state index contributed by atoms with van der Waals surface area (Å²) in [5.74, 6) is 0.925. The van der Waals surface area contributed by atoms with Crippen LogP contribution in [0.1, 0.15) is 46.5 Å². The summed E-state index contributed by atoms with van der Waals surface area (Å²) in [6, 6.07) is 1.49. The molecule has 1 aliphatic carbocycles. The Morgan fingerprint density at radius 2 is 1.80 bits per heavy atom. The minimum Gasteiger partial charge on any atom is -0.314 e. The lowest BCUT2D eigenvalue weighted by Gasteiger charge is -2.34. The van der Waals surface area contributed by atoms with E-state index in [0.29, 0.717) is 6.04 Å². The molecule has 0 aromatic heterocycles. The minimum atomic E-state index is 0.640. The van der Waals surface area contributed by atoms with Crippen LogP contribution in [-0.4, -0.2) is 37.1 Å². The third kappa shape index (κ3) is 4.52. The van der Waals surface area contributed by atoms with E-state index in [0.717, 1.165) is 12.0 Å². The zero-order valence-corrected chi connectivity index (χ0v) is 10.9. The Kier molecular flexibility index (Phi) is 5.62. The lowest BCUT2D eigenvalue weighted by atomic mass is 9.85. The minimum absolute atomic E-state index is 0.640. The lowest BCUT2D eigenvalue weighted by Crippen LogP contribution is -2.37. The number of nitrogens with one attached hydrogen (secondary N) is 1. The first kappa shape index (κ1) is 13.0. The van der Waals surface area contributed by atoms with Crippen LogP contribution in [0.5, 0.6) is 0 Å². The molecule has 0 amide bonds. The average molecular weight is 212 g/mol. The summed E-state index contributed by atoms with van der Waals surface area (Å²) < 4.78 is 0. The third-order valence-electron chi connectivity index (χ3n) is 3.75. The van der Waals surface area contributed by atoms with Crippen molar-refractivity contribution in [2.24, 2.45) is 5.92 Å². The number of rotatable bonds is 5. The SMILES string of the molecule is CCN(C)C1CCC(CNC(C)C)CC1. The van der Waals surface area contributed by atoms with Crippen molar-refractivity contribution in [2.75, 3.05) is 20.1 Å². The van der Waals surface area contributed by atoms with Crippen molar-refractivity contribution in [3.8, 4) is 0 Å². The van der Waals surface area contributed by atoms with E-state index < -0.39 is 0 Å². The van der Waals surface area contributed by atoms with Crippen LogP contribution < -0.4 is 5.32 Å².